The van der Waals surface area contributed by atoms with Crippen molar-refractivity contribution >= 4 is 21.5 Å². The maximum atomic E-state index is 12.7. The van der Waals surface area contributed by atoms with Gasteiger partial charge in [-0.25, -0.2) is 0 Å². The lowest BCUT2D eigenvalue weighted by Gasteiger charge is -2.01. The number of fused-ring (bicyclic) bond motifs is 3. The average Bonchev–Trinajstić information content (AvgIpc) is 2.56. The van der Waals surface area contributed by atoms with Crippen molar-refractivity contribution in [2.75, 3.05) is 0 Å². The molecule has 0 saturated carbocycles. The van der Waals surface area contributed by atoms with Crippen LogP contribution in [0.3, 0.4) is 0 Å². The summed E-state index contributed by atoms with van der Waals surface area (Å²) in [4.78, 5) is 49.8. The molecule has 0 unspecified atom stereocenters. The van der Waals surface area contributed by atoms with E-state index in [0.29, 0.717) is 5.39 Å². The highest BCUT2D eigenvalue weighted by Gasteiger charge is 2.15. The summed E-state index contributed by atoms with van der Waals surface area (Å²) in [5.74, 6) is 0. The van der Waals surface area contributed by atoms with E-state index in [0.717, 1.165) is 0 Å². The van der Waals surface area contributed by atoms with E-state index in [9.17, 15) is 19.2 Å². The van der Waals surface area contributed by atoms with Crippen LogP contribution in [-0.2, 0) is 0 Å². The SMILES string of the molecule is O=c1c2c(=O)c3ccccc3c(=O)c=2c2ccccc2c1=O. The highest BCUT2D eigenvalue weighted by atomic mass is 16.2. The van der Waals surface area contributed by atoms with Gasteiger partial charge in [-0.15, -0.1) is 0 Å². The fraction of sp³-hybridized carbons (Fsp3) is 0. The average molecular weight is 288 g/mol. The molecular formula is C18H8O4. The van der Waals surface area contributed by atoms with E-state index in [2.05, 4.69) is 0 Å². The Morgan fingerprint density at radius 2 is 0.818 bits per heavy atom. The van der Waals surface area contributed by atoms with Gasteiger partial charge in [0.2, 0.25) is 10.9 Å². The third kappa shape index (κ3) is 1.41. The number of hydrogen-bond acceptors (Lipinski definition) is 4. The number of benzene rings is 2. The molecule has 4 heteroatoms. The topological polar surface area (TPSA) is 68.3 Å². The molecule has 104 valence electrons. The van der Waals surface area contributed by atoms with Gasteiger partial charge in [-0.05, 0) is 5.39 Å². The van der Waals surface area contributed by atoms with Gasteiger partial charge in [0.05, 0.1) is 5.22 Å². The van der Waals surface area contributed by atoms with Gasteiger partial charge in [0.25, 0.3) is 0 Å². The Kier molecular flexibility index (Phi) is 2.39. The van der Waals surface area contributed by atoms with Gasteiger partial charge < -0.3 is 0 Å². The lowest BCUT2D eigenvalue weighted by atomic mass is 9.99. The van der Waals surface area contributed by atoms with E-state index in [-0.39, 0.29) is 26.6 Å². The first kappa shape index (κ1) is 12.6. The van der Waals surface area contributed by atoms with E-state index in [4.69, 9.17) is 0 Å². The summed E-state index contributed by atoms with van der Waals surface area (Å²) in [6.45, 7) is 0. The van der Waals surface area contributed by atoms with Crippen molar-refractivity contribution in [1.82, 2.24) is 0 Å². The van der Waals surface area contributed by atoms with Crippen LogP contribution in [0, 0.1) is 10.4 Å². The van der Waals surface area contributed by atoms with Crippen LogP contribution in [0.2, 0.25) is 0 Å². The first-order chi connectivity index (χ1) is 10.6. The zero-order chi connectivity index (χ0) is 15.4. The molecule has 0 aromatic heterocycles. The molecule has 2 aromatic rings. The van der Waals surface area contributed by atoms with Crippen LogP contribution in [0.15, 0.2) is 67.7 Å². The molecule has 0 atom stereocenters. The second-order valence-electron chi connectivity index (χ2n) is 5.16. The molecule has 2 aliphatic rings. The quantitative estimate of drug-likeness (QED) is 0.453. The maximum absolute atomic E-state index is 12.7. The molecule has 0 fully saturated rings. The number of rotatable bonds is 0. The molecule has 0 bridgehead atoms. The van der Waals surface area contributed by atoms with Crippen LogP contribution in [-0.4, -0.2) is 0 Å². The van der Waals surface area contributed by atoms with Gasteiger partial charge in [0.15, 0.2) is 10.9 Å². The Bertz CT molecular complexity index is 1340. The van der Waals surface area contributed by atoms with Crippen LogP contribution in [0.4, 0.5) is 0 Å². The zero-order valence-electron chi connectivity index (χ0n) is 11.3. The predicted molar refractivity (Wildman–Crippen MR) is 84.2 cm³/mol. The summed E-state index contributed by atoms with van der Waals surface area (Å²) in [5, 5.41) is 0.716. The van der Waals surface area contributed by atoms with Gasteiger partial charge >= 0.3 is 0 Å². The molecule has 0 saturated heterocycles. The Balaban J connectivity index is 2.66. The third-order valence-corrected chi connectivity index (χ3v) is 3.99. The van der Waals surface area contributed by atoms with Gasteiger partial charge in [0, 0.05) is 21.4 Å². The Labute approximate surface area is 122 Å². The van der Waals surface area contributed by atoms with Gasteiger partial charge in [0.1, 0.15) is 0 Å². The highest BCUT2D eigenvalue weighted by molar-refractivity contribution is 5.88. The monoisotopic (exact) mass is 288 g/mol. The van der Waals surface area contributed by atoms with Gasteiger partial charge in [-0.2, -0.15) is 0 Å². The van der Waals surface area contributed by atoms with Crippen molar-refractivity contribution in [3.63, 3.8) is 0 Å². The molecule has 0 N–H and O–H groups in total. The van der Waals surface area contributed by atoms with Crippen molar-refractivity contribution in [3.05, 3.63) is 99.9 Å². The Morgan fingerprint density at radius 1 is 0.409 bits per heavy atom. The van der Waals surface area contributed by atoms with Crippen LogP contribution < -0.4 is 21.7 Å². The molecule has 0 spiro atoms. The molecule has 2 aromatic carbocycles. The van der Waals surface area contributed by atoms with Gasteiger partial charge in [-0.3, -0.25) is 19.2 Å². The summed E-state index contributed by atoms with van der Waals surface area (Å²) in [7, 11) is 0. The fourth-order valence-electron chi connectivity index (χ4n) is 2.98. The number of hydrogen-bond donors (Lipinski definition) is 0. The van der Waals surface area contributed by atoms with E-state index in [1.54, 1.807) is 36.4 Å². The normalized spacial score (nSPS) is 11.5. The molecule has 0 heterocycles. The second kappa shape index (κ2) is 4.18. The summed E-state index contributed by atoms with van der Waals surface area (Å²) in [5.41, 5.74) is -2.59. The molecular weight excluding hydrogens is 280 g/mol. The molecule has 22 heavy (non-hydrogen) atoms. The fourth-order valence-corrected chi connectivity index (χ4v) is 2.98. The lowest BCUT2D eigenvalue weighted by molar-refractivity contribution is 1.35. The van der Waals surface area contributed by atoms with Crippen LogP contribution in [0.5, 0.6) is 0 Å². The van der Waals surface area contributed by atoms with Crippen molar-refractivity contribution in [1.29, 1.82) is 0 Å². The standard InChI is InChI=1S/C18H8O4/c19-15-11-7-3-4-8-12(11)16(20)14-13(15)9-5-1-2-6-10(9)17(21)18(14)22/h1-8H. The van der Waals surface area contributed by atoms with E-state index >= 15 is 0 Å². The van der Waals surface area contributed by atoms with Crippen LogP contribution in [0.25, 0.3) is 21.5 Å². The third-order valence-electron chi connectivity index (χ3n) is 3.99. The minimum absolute atomic E-state index is 0.0453. The summed E-state index contributed by atoms with van der Waals surface area (Å²) >= 11 is 0. The summed E-state index contributed by atoms with van der Waals surface area (Å²) < 4.78 is 0. The van der Waals surface area contributed by atoms with Crippen molar-refractivity contribution in [2.24, 2.45) is 0 Å². The Morgan fingerprint density at radius 3 is 1.36 bits per heavy atom. The van der Waals surface area contributed by atoms with E-state index in [1.807, 2.05) is 0 Å². The van der Waals surface area contributed by atoms with Crippen LogP contribution in [0.1, 0.15) is 0 Å². The predicted octanol–water partition coefficient (Wildman–Crippen LogP) is 1.03. The minimum atomic E-state index is -0.901. The minimum Gasteiger partial charge on any atom is -0.289 e. The lowest BCUT2D eigenvalue weighted by Crippen LogP contribution is -2.32. The summed E-state index contributed by atoms with van der Waals surface area (Å²) in [6, 6.07) is 12.7. The zero-order valence-corrected chi connectivity index (χ0v) is 11.3. The second-order valence-corrected chi connectivity index (χ2v) is 5.16. The molecule has 0 radical (unpaired) electrons. The summed E-state index contributed by atoms with van der Waals surface area (Å²) in [6.07, 6.45) is 0. The van der Waals surface area contributed by atoms with E-state index < -0.39 is 21.7 Å². The van der Waals surface area contributed by atoms with Crippen LogP contribution >= 0.6 is 0 Å². The molecule has 0 aliphatic heterocycles. The highest BCUT2D eigenvalue weighted by Crippen LogP contribution is 2.11. The first-order valence-electron chi connectivity index (χ1n) is 6.72. The molecule has 4 nitrogen and oxygen atoms in total. The molecule has 4 rings (SSSR count). The van der Waals surface area contributed by atoms with E-state index in [1.165, 1.54) is 12.1 Å². The molecule has 2 aliphatic carbocycles. The first-order valence-corrected chi connectivity index (χ1v) is 6.72. The Hall–Kier alpha value is -3.14. The van der Waals surface area contributed by atoms with Crippen molar-refractivity contribution in [3.8, 4) is 0 Å². The van der Waals surface area contributed by atoms with Gasteiger partial charge in [-0.1, -0.05) is 48.5 Å². The molecule has 0 amide bonds. The van der Waals surface area contributed by atoms with Crippen molar-refractivity contribution < 1.29 is 0 Å². The largest absolute Gasteiger partial charge is 0.289 e. The maximum Gasteiger partial charge on any atom is 0.238 e. The smallest absolute Gasteiger partial charge is 0.238 e. The van der Waals surface area contributed by atoms with Crippen molar-refractivity contribution in [2.45, 2.75) is 0 Å².